The molecule has 3 N–H and O–H groups in total. The largest absolute Gasteiger partial charge is 0.368 e. The Morgan fingerprint density at radius 1 is 0.935 bits per heavy atom. The Labute approximate surface area is 190 Å². The Kier molecular flexibility index (Phi) is 8.05. The first-order valence-corrected chi connectivity index (χ1v) is 12.6. The molecule has 0 unspecified atom stereocenters. The summed E-state index contributed by atoms with van der Waals surface area (Å²) in [6.07, 6.45) is 2.87. The van der Waals surface area contributed by atoms with Crippen molar-refractivity contribution in [2.45, 2.75) is 9.79 Å². The number of anilines is 1. The minimum absolute atomic E-state index is 0.110. The van der Waals surface area contributed by atoms with Gasteiger partial charge in [-0.1, -0.05) is 22.0 Å². The van der Waals surface area contributed by atoms with E-state index in [1.54, 1.807) is 0 Å². The molecule has 0 atom stereocenters. The van der Waals surface area contributed by atoms with Crippen LogP contribution in [0.15, 0.2) is 63.1 Å². The summed E-state index contributed by atoms with van der Waals surface area (Å²) in [5, 5.41) is 0. The van der Waals surface area contributed by atoms with Crippen molar-refractivity contribution < 1.29 is 25.6 Å². The topological polar surface area (TPSA) is 132 Å². The van der Waals surface area contributed by atoms with Crippen LogP contribution >= 0.6 is 26.6 Å². The van der Waals surface area contributed by atoms with E-state index in [9.17, 15) is 25.6 Å². The molecular formula is C17H14BrClF2N4O4S2. The van der Waals surface area contributed by atoms with Crippen molar-refractivity contribution in [3.63, 3.8) is 0 Å². The molecule has 14 heteroatoms. The standard InChI is InChI=1S/C11H11FN4O2S.C6H3BrClFO2S/c1-14-19(17,18)10-3-2-7(4-9(10)12)8-5-15-11(13)16-6-8;7-4-1-2-6(5(9)3-4)12(8,10)11/h2-6,14H,1H3,(H2,13,15,16);1-3H. The SMILES string of the molecule is CNS(=O)(=O)c1ccc(-c2cnc(N)nc2)cc1F.O=S(=O)(Cl)c1ccc(Br)cc1F. The number of rotatable bonds is 4. The molecule has 0 saturated carbocycles. The van der Waals surface area contributed by atoms with Crippen molar-refractivity contribution in [3.8, 4) is 11.1 Å². The Hall–Kier alpha value is -2.19. The molecule has 166 valence electrons. The van der Waals surface area contributed by atoms with Crippen LogP contribution in [0.1, 0.15) is 0 Å². The number of nitrogen functional groups attached to an aromatic ring is 1. The summed E-state index contributed by atoms with van der Waals surface area (Å²) in [5.74, 6) is -1.60. The fourth-order valence-corrected chi connectivity index (χ4v) is 4.18. The molecule has 0 radical (unpaired) electrons. The highest BCUT2D eigenvalue weighted by atomic mass is 79.9. The lowest BCUT2D eigenvalue weighted by Crippen LogP contribution is -2.19. The van der Waals surface area contributed by atoms with E-state index in [0.717, 1.165) is 18.2 Å². The first-order chi connectivity index (χ1) is 14.3. The number of nitrogens with zero attached hydrogens (tertiary/aromatic N) is 2. The van der Waals surface area contributed by atoms with Gasteiger partial charge in [-0.25, -0.2) is 40.3 Å². The van der Waals surface area contributed by atoms with Gasteiger partial charge in [0.2, 0.25) is 16.0 Å². The fourth-order valence-electron chi connectivity index (χ4n) is 2.17. The van der Waals surface area contributed by atoms with E-state index in [-0.39, 0.29) is 5.95 Å². The smallest absolute Gasteiger partial charge is 0.264 e. The third-order valence-corrected chi connectivity index (χ3v) is 6.95. The van der Waals surface area contributed by atoms with Gasteiger partial charge < -0.3 is 5.73 Å². The van der Waals surface area contributed by atoms with Gasteiger partial charge >= 0.3 is 0 Å². The molecule has 3 aromatic rings. The van der Waals surface area contributed by atoms with E-state index < -0.39 is 40.5 Å². The minimum Gasteiger partial charge on any atom is -0.368 e. The highest BCUT2D eigenvalue weighted by Gasteiger charge is 2.17. The quantitative estimate of drug-likeness (QED) is 0.472. The van der Waals surface area contributed by atoms with E-state index in [2.05, 4.69) is 30.6 Å². The van der Waals surface area contributed by atoms with Crippen LogP contribution in [0.4, 0.5) is 14.7 Å². The molecule has 0 spiro atoms. The van der Waals surface area contributed by atoms with Gasteiger partial charge in [-0.15, -0.1) is 0 Å². The average molecular weight is 556 g/mol. The highest BCUT2D eigenvalue weighted by molar-refractivity contribution is 9.10. The molecule has 0 amide bonds. The molecule has 0 aliphatic carbocycles. The maximum absolute atomic E-state index is 13.8. The van der Waals surface area contributed by atoms with E-state index in [1.165, 1.54) is 37.6 Å². The van der Waals surface area contributed by atoms with E-state index in [1.807, 2.05) is 0 Å². The Morgan fingerprint density at radius 2 is 1.48 bits per heavy atom. The molecule has 31 heavy (non-hydrogen) atoms. The van der Waals surface area contributed by atoms with Crippen LogP contribution in [0.2, 0.25) is 0 Å². The molecule has 8 nitrogen and oxygen atoms in total. The van der Waals surface area contributed by atoms with Crippen LogP contribution in [0.25, 0.3) is 11.1 Å². The Bertz CT molecular complexity index is 1310. The molecule has 0 bridgehead atoms. The lowest BCUT2D eigenvalue weighted by molar-refractivity contribution is 0.561. The fraction of sp³-hybridized carbons (Fsp3) is 0.0588. The third-order valence-electron chi connectivity index (χ3n) is 3.65. The van der Waals surface area contributed by atoms with Crippen LogP contribution in [0, 0.1) is 11.6 Å². The lowest BCUT2D eigenvalue weighted by atomic mass is 10.1. The second-order valence-corrected chi connectivity index (χ2v) is 11.0. The van der Waals surface area contributed by atoms with Crippen molar-refractivity contribution >= 4 is 51.6 Å². The maximum atomic E-state index is 13.8. The number of sulfonamides is 1. The van der Waals surface area contributed by atoms with E-state index in [0.29, 0.717) is 15.6 Å². The third kappa shape index (κ3) is 6.64. The Balaban J connectivity index is 0.000000245. The summed E-state index contributed by atoms with van der Waals surface area (Å²) in [6, 6.07) is 7.31. The molecule has 3 rings (SSSR count). The van der Waals surface area contributed by atoms with Gasteiger partial charge in [-0.2, -0.15) is 0 Å². The van der Waals surface area contributed by atoms with Crippen LogP contribution in [-0.4, -0.2) is 33.9 Å². The minimum atomic E-state index is -3.97. The summed E-state index contributed by atoms with van der Waals surface area (Å²) < 4.78 is 73.6. The predicted octanol–water partition coefficient (Wildman–Crippen LogP) is 3.29. The number of aromatic nitrogens is 2. The molecule has 0 aliphatic heterocycles. The molecule has 2 aromatic carbocycles. The Morgan fingerprint density at radius 3 is 1.97 bits per heavy atom. The molecule has 1 aromatic heterocycles. The maximum Gasteiger partial charge on any atom is 0.264 e. The first-order valence-electron chi connectivity index (χ1n) is 8.06. The van der Waals surface area contributed by atoms with Gasteiger partial charge in [0.25, 0.3) is 9.05 Å². The van der Waals surface area contributed by atoms with Crippen molar-refractivity contribution in [1.29, 1.82) is 0 Å². The molecule has 0 aliphatic rings. The van der Waals surface area contributed by atoms with Gasteiger partial charge in [-0.05, 0) is 42.9 Å². The van der Waals surface area contributed by atoms with Crippen LogP contribution in [0.5, 0.6) is 0 Å². The zero-order valence-electron chi connectivity index (χ0n) is 15.6. The van der Waals surface area contributed by atoms with Gasteiger partial charge in [0.15, 0.2) is 0 Å². The summed E-state index contributed by atoms with van der Waals surface area (Å²) in [5.41, 5.74) is 6.36. The lowest BCUT2D eigenvalue weighted by Gasteiger charge is -2.06. The molecule has 1 heterocycles. The van der Waals surface area contributed by atoms with Crippen molar-refractivity contribution in [1.82, 2.24) is 14.7 Å². The van der Waals surface area contributed by atoms with Crippen LogP contribution < -0.4 is 10.5 Å². The monoisotopic (exact) mass is 554 g/mol. The van der Waals surface area contributed by atoms with Gasteiger partial charge in [0, 0.05) is 33.1 Å². The molecule has 0 saturated heterocycles. The van der Waals surface area contributed by atoms with Crippen LogP contribution in [0.3, 0.4) is 0 Å². The van der Waals surface area contributed by atoms with Crippen molar-refractivity contribution in [3.05, 3.63) is 64.9 Å². The average Bonchev–Trinajstić information content (AvgIpc) is 2.67. The van der Waals surface area contributed by atoms with Crippen molar-refractivity contribution in [2.75, 3.05) is 12.8 Å². The zero-order chi connectivity index (χ0) is 23.4. The number of nitrogens with two attached hydrogens (primary N) is 1. The first kappa shape index (κ1) is 25.1. The number of hydrogen-bond acceptors (Lipinski definition) is 7. The zero-order valence-corrected chi connectivity index (χ0v) is 19.5. The summed E-state index contributed by atoms with van der Waals surface area (Å²) >= 11 is 2.99. The van der Waals surface area contributed by atoms with Gasteiger partial charge in [0.1, 0.15) is 21.4 Å². The van der Waals surface area contributed by atoms with Crippen molar-refractivity contribution in [2.24, 2.45) is 0 Å². The van der Waals surface area contributed by atoms with Gasteiger partial charge in [0.05, 0.1) is 0 Å². The number of benzene rings is 2. The van der Waals surface area contributed by atoms with E-state index in [4.69, 9.17) is 16.4 Å². The summed E-state index contributed by atoms with van der Waals surface area (Å²) in [4.78, 5) is 6.66. The number of halogens is 4. The number of nitrogens with one attached hydrogen (secondary N) is 1. The molecular weight excluding hydrogens is 542 g/mol. The predicted molar refractivity (Wildman–Crippen MR) is 115 cm³/mol. The summed E-state index contributed by atoms with van der Waals surface area (Å²) in [6.45, 7) is 0. The molecule has 0 fully saturated rings. The second-order valence-electron chi connectivity index (χ2n) is 5.70. The van der Waals surface area contributed by atoms with Gasteiger partial charge in [-0.3, -0.25) is 0 Å². The second kappa shape index (κ2) is 9.96. The summed E-state index contributed by atoms with van der Waals surface area (Å²) in [7, 11) is -1.63. The highest BCUT2D eigenvalue weighted by Crippen LogP contribution is 2.23. The normalized spacial score (nSPS) is 11.5. The number of hydrogen-bond donors (Lipinski definition) is 2. The van der Waals surface area contributed by atoms with Crippen LogP contribution in [-0.2, 0) is 19.1 Å². The van der Waals surface area contributed by atoms with E-state index >= 15 is 0 Å².